The molecule has 0 aliphatic heterocycles. The van der Waals surface area contributed by atoms with Crippen LogP contribution in [0.15, 0.2) is 75.0 Å². The molecular weight excluding hydrogens is 270 g/mol. The van der Waals surface area contributed by atoms with E-state index in [1.165, 1.54) is 0 Å². The zero-order valence-corrected chi connectivity index (χ0v) is 10.9. The third kappa shape index (κ3) is 2.23. The molecular formula is C15H11N3O3. The highest BCUT2D eigenvalue weighted by Gasteiger charge is 2.12. The van der Waals surface area contributed by atoms with Gasteiger partial charge in [-0.15, -0.1) is 0 Å². The van der Waals surface area contributed by atoms with Crippen LogP contribution in [0.25, 0.3) is 11.4 Å². The summed E-state index contributed by atoms with van der Waals surface area (Å²) >= 11 is 0. The molecule has 3 aromatic rings. The van der Waals surface area contributed by atoms with Crippen molar-refractivity contribution in [2.75, 3.05) is 0 Å². The smallest absolute Gasteiger partial charge is 0.258 e. The van der Waals surface area contributed by atoms with Crippen LogP contribution in [-0.2, 0) is 0 Å². The van der Waals surface area contributed by atoms with Gasteiger partial charge in [0.1, 0.15) is 0 Å². The number of nitrogens with one attached hydrogen (secondary N) is 1. The summed E-state index contributed by atoms with van der Waals surface area (Å²) in [6, 6.07) is 16.9. The van der Waals surface area contributed by atoms with Crippen molar-refractivity contribution in [3.05, 3.63) is 92.1 Å². The Morgan fingerprint density at radius 3 is 1.38 bits per heavy atom. The zero-order chi connectivity index (χ0) is 14.8. The van der Waals surface area contributed by atoms with Crippen LogP contribution < -0.4 is 17.1 Å². The molecule has 21 heavy (non-hydrogen) atoms. The maximum atomic E-state index is 12.5. The molecule has 1 heterocycles. The predicted octanol–water partition coefficient (Wildman–Crippen LogP) is 0.677. The van der Waals surface area contributed by atoms with Gasteiger partial charge in [-0.2, -0.15) is 0 Å². The molecule has 0 radical (unpaired) electrons. The molecule has 6 nitrogen and oxygen atoms in total. The maximum Gasteiger partial charge on any atom is 0.345 e. The predicted molar refractivity (Wildman–Crippen MR) is 78.3 cm³/mol. The van der Waals surface area contributed by atoms with E-state index in [1.807, 2.05) is 0 Å². The Labute approximate surface area is 118 Å². The van der Waals surface area contributed by atoms with Crippen LogP contribution in [0.4, 0.5) is 0 Å². The quantitative estimate of drug-likeness (QED) is 0.750. The van der Waals surface area contributed by atoms with Crippen molar-refractivity contribution in [3.63, 3.8) is 0 Å². The van der Waals surface area contributed by atoms with Crippen LogP contribution >= 0.6 is 0 Å². The number of aromatic nitrogens is 3. The molecule has 0 unspecified atom stereocenters. The van der Waals surface area contributed by atoms with E-state index in [2.05, 4.69) is 4.98 Å². The van der Waals surface area contributed by atoms with E-state index < -0.39 is 17.1 Å². The minimum atomic E-state index is -0.761. The number of hydrogen-bond acceptors (Lipinski definition) is 3. The van der Waals surface area contributed by atoms with Crippen LogP contribution in [0.2, 0.25) is 0 Å². The van der Waals surface area contributed by atoms with E-state index in [9.17, 15) is 14.4 Å². The highest BCUT2D eigenvalue weighted by atomic mass is 16.2. The summed E-state index contributed by atoms with van der Waals surface area (Å²) in [4.78, 5) is 38.6. The largest absolute Gasteiger partial charge is 0.345 e. The number of H-pyrrole nitrogens is 1. The van der Waals surface area contributed by atoms with Crippen LogP contribution in [-0.4, -0.2) is 14.1 Å². The summed E-state index contributed by atoms with van der Waals surface area (Å²) in [5, 5.41) is 0. The lowest BCUT2D eigenvalue weighted by Crippen LogP contribution is -2.47. The van der Waals surface area contributed by atoms with Crippen molar-refractivity contribution in [1.29, 1.82) is 0 Å². The molecule has 0 fully saturated rings. The van der Waals surface area contributed by atoms with E-state index >= 15 is 0 Å². The van der Waals surface area contributed by atoms with E-state index in [1.54, 1.807) is 60.7 Å². The molecule has 1 aromatic heterocycles. The maximum absolute atomic E-state index is 12.5. The van der Waals surface area contributed by atoms with Crippen molar-refractivity contribution in [2.24, 2.45) is 0 Å². The van der Waals surface area contributed by atoms with Gasteiger partial charge < -0.3 is 0 Å². The van der Waals surface area contributed by atoms with Crippen molar-refractivity contribution < 1.29 is 0 Å². The van der Waals surface area contributed by atoms with Crippen LogP contribution in [0.3, 0.4) is 0 Å². The van der Waals surface area contributed by atoms with Gasteiger partial charge in [-0.05, 0) is 24.3 Å². The standard InChI is InChI=1S/C15H11N3O3/c19-13-16-14(20)18(12-9-5-2-6-10-12)15(21)17(13)11-7-3-1-4-8-11/h1-10H,(H,16,19,20). The molecule has 0 bridgehead atoms. The fraction of sp³-hybridized carbons (Fsp3) is 0. The van der Waals surface area contributed by atoms with Crippen molar-refractivity contribution in [3.8, 4) is 11.4 Å². The summed E-state index contributed by atoms with van der Waals surface area (Å²) in [5.41, 5.74) is -1.44. The molecule has 0 spiro atoms. The van der Waals surface area contributed by atoms with Gasteiger partial charge in [0.2, 0.25) is 0 Å². The summed E-state index contributed by atoms with van der Waals surface area (Å²) < 4.78 is 1.85. The molecule has 0 saturated heterocycles. The Balaban J connectivity index is 2.38. The van der Waals surface area contributed by atoms with E-state index in [0.717, 1.165) is 9.13 Å². The van der Waals surface area contributed by atoms with Gasteiger partial charge >= 0.3 is 17.1 Å². The monoisotopic (exact) mass is 281 g/mol. The number of rotatable bonds is 2. The summed E-state index contributed by atoms with van der Waals surface area (Å²) in [6.45, 7) is 0. The lowest BCUT2D eigenvalue weighted by atomic mass is 10.3. The van der Waals surface area contributed by atoms with Crippen molar-refractivity contribution >= 4 is 0 Å². The fourth-order valence-corrected chi connectivity index (χ4v) is 2.09. The summed E-state index contributed by atoms with van der Waals surface area (Å²) in [7, 11) is 0. The first-order valence-electron chi connectivity index (χ1n) is 6.28. The summed E-state index contributed by atoms with van der Waals surface area (Å²) in [5.74, 6) is 0. The highest BCUT2D eigenvalue weighted by molar-refractivity contribution is 5.33. The van der Waals surface area contributed by atoms with Crippen molar-refractivity contribution in [1.82, 2.24) is 14.1 Å². The van der Waals surface area contributed by atoms with E-state index in [0.29, 0.717) is 11.4 Å². The number of aromatic amines is 1. The topological polar surface area (TPSA) is 76.9 Å². The Morgan fingerprint density at radius 2 is 1.00 bits per heavy atom. The first-order valence-corrected chi connectivity index (χ1v) is 6.28. The number of nitrogens with zero attached hydrogens (tertiary/aromatic N) is 2. The van der Waals surface area contributed by atoms with Gasteiger partial charge in [-0.25, -0.2) is 23.5 Å². The molecule has 2 aromatic carbocycles. The minimum Gasteiger partial charge on any atom is -0.258 e. The SMILES string of the molecule is O=c1[nH]c(=O)n(-c2ccccc2)c(=O)n1-c1ccccc1. The number of benzene rings is 2. The Hall–Kier alpha value is -3.15. The number of hydrogen-bond donors (Lipinski definition) is 1. The molecule has 0 aliphatic rings. The molecule has 0 saturated carbocycles. The second-order valence-corrected chi connectivity index (χ2v) is 4.36. The lowest BCUT2D eigenvalue weighted by molar-refractivity contribution is 0.715. The Morgan fingerprint density at radius 1 is 0.619 bits per heavy atom. The van der Waals surface area contributed by atoms with Gasteiger partial charge in [0.25, 0.3) is 0 Å². The third-order valence-electron chi connectivity index (χ3n) is 3.03. The third-order valence-corrected chi connectivity index (χ3v) is 3.03. The van der Waals surface area contributed by atoms with E-state index in [-0.39, 0.29) is 0 Å². The van der Waals surface area contributed by atoms with Gasteiger partial charge in [0.15, 0.2) is 0 Å². The average Bonchev–Trinajstić information content (AvgIpc) is 2.49. The Bertz CT molecular complexity index is 863. The number of para-hydroxylation sites is 2. The van der Waals surface area contributed by atoms with Gasteiger partial charge in [0.05, 0.1) is 11.4 Å². The normalized spacial score (nSPS) is 10.5. The molecule has 0 amide bonds. The minimum absolute atomic E-state index is 0.397. The lowest BCUT2D eigenvalue weighted by Gasteiger charge is -2.08. The Kier molecular flexibility index (Phi) is 3.12. The first kappa shape index (κ1) is 12.9. The van der Waals surface area contributed by atoms with Crippen LogP contribution in [0.5, 0.6) is 0 Å². The molecule has 0 aliphatic carbocycles. The van der Waals surface area contributed by atoms with Gasteiger partial charge in [-0.1, -0.05) is 36.4 Å². The fourth-order valence-electron chi connectivity index (χ4n) is 2.09. The van der Waals surface area contributed by atoms with Gasteiger partial charge in [0, 0.05) is 0 Å². The average molecular weight is 281 g/mol. The molecule has 3 rings (SSSR count). The second-order valence-electron chi connectivity index (χ2n) is 4.36. The highest BCUT2D eigenvalue weighted by Crippen LogP contribution is 2.02. The van der Waals surface area contributed by atoms with Crippen molar-refractivity contribution in [2.45, 2.75) is 0 Å². The van der Waals surface area contributed by atoms with E-state index in [4.69, 9.17) is 0 Å². The van der Waals surface area contributed by atoms with Gasteiger partial charge in [-0.3, -0.25) is 4.98 Å². The first-order chi connectivity index (χ1) is 10.2. The zero-order valence-electron chi connectivity index (χ0n) is 10.9. The molecule has 1 N–H and O–H groups in total. The molecule has 6 heteroatoms. The molecule has 0 atom stereocenters. The second kappa shape index (κ2) is 5.09. The summed E-state index contributed by atoms with van der Waals surface area (Å²) in [6.07, 6.45) is 0. The van der Waals surface area contributed by atoms with Crippen LogP contribution in [0, 0.1) is 0 Å². The molecule has 104 valence electrons. The van der Waals surface area contributed by atoms with Crippen LogP contribution in [0.1, 0.15) is 0 Å².